The second kappa shape index (κ2) is 8.90. The molecule has 0 amide bonds. The Morgan fingerprint density at radius 3 is 2.59 bits per heavy atom. The first-order chi connectivity index (χ1) is 12.8. The van der Waals surface area contributed by atoms with Crippen molar-refractivity contribution in [1.82, 2.24) is 5.32 Å². The molecule has 1 heterocycles. The third-order valence-corrected chi connectivity index (χ3v) is 4.22. The van der Waals surface area contributed by atoms with Gasteiger partial charge in [0, 0.05) is 6.54 Å². The van der Waals surface area contributed by atoms with Gasteiger partial charge in [0.1, 0.15) is 11.6 Å². The van der Waals surface area contributed by atoms with E-state index in [9.17, 15) is 17.6 Å². The van der Waals surface area contributed by atoms with Gasteiger partial charge in [-0.15, -0.1) is 6.58 Å². The number of halogens is 4. The Morgan fingerprint density at radius 1 is 1.26 bits per heavy atom. The van der Waals surface area contributed by atoms with Crippen molar-refractivity contribution in [2.75, 3.05) is 19.4 Å². The molecule has 2 aromatic rings. The van der Waals surface area contributed by atoms with E-state index in [1.807, 2.05) is 6.07 Å². The number of nitrogens with two attached hydrogens (primary N) is 1. The minimum atomic E-state index is -4.63. The molecule has 1 aliphatic heterocycles. The van der Waals surface area contributed by atoms with Crippen LogP contribution < -0.4 is 15.8 Å². The van der Waals surface area contributed by atoms with Gasteiger partial charge >= 0.3 is 6.18 Å². The van der Waals surface area contributed by atoms with Gasteiger partial charge in [-0.25, -0.2) is 4.39 Å². The fourth-order valence-corrected chi connectivity index (χ4v) is 2.85. The monoisotopic (exact) mass is 382 g/mol. The molecule has 0 fully saturated rings. The molecule has 27 heavy (non-hydrogen) atoms. The molecule has 0 radical (unpaired) electrons. The molecular formula is C20H22F4N2O. The van der Waals surface area contributed by atoms with Crippen molar-refractivity contribution in [1.29, 1.82) is 0 Å². The summed E-state index contributed by atoms with van der Waals surface area (Å²) < 4.78 is 54.4. The van der Waals surface area contributed by atoms with Gasteiger partial charge < -0.3 is 15.8 Å². The molecule has 0 atom stereocenters. The fourth-order valence-electron chi connectivity index (χ4n) is 2.85. The Morgan fingerprint density at radius 2 is 2.00 bits per heavy atom. The molecule has 146 valence electrons. The number of ether oxygens (including phenoxy) is 1. The van der Waals surface area contributed by atoms with Gasteiger partial charge in [-0.05, 0) is 54.3 Å². The summed E-state index contributed by atoms with van der Waals surface area (Å²) in [6, 6.07) is 6.88. The zero-order valence-electron chi connectivity index (χ0n) is 15.0. The molecule has 0 unspecified atom stereocenters. The molecule has 0 saturated heterocycles. The first-order valence-electron chi connectivity index (χ1n) is 8.39. The largest absolute Gasteiger partial charge is 0.495 e. The van der Waals surface area contributed by atoms with Crippen LogP contribution in [0.25, 0.3) is 0 Å². The average molecular weight is 382 g/mol. The number of alkyl halides is 3. The fraction of sp³-hybridized carbons (Fsp3) is 0.300. The summed E-state index contributed by atoms with van der Waals surface area (Å²) in [5.74, 6) is -0.447. The van der Waals surface area contributed by atoms with Crippen LogP contribution in [0.4, 0.5) is 23.2 Å². The van der Waals surface area contributed by atoms with Crippen molar-refractivity contribution >= 4 is 5.69 Å². The summed E-state index contributed by atoms with van der Waals surface area (Å²) in [4.78, 5) is 0. The van der Waals surface area contributed by atoms with E-state index in [4.69, 9.17) is 10.5 Å². The Bertz CT molecular complexity index is 803. The third-order valence-electron chi connectivity index (χ3n) is 4.22. The number of methoxy groups -OCH3 is 1. The van der Waals surface area contributed by atoms with Gasteiger partial charge in [0.15, 0.2) is 0 Å². The number of hydrogen-bond acceptors (Lipinski definition) is 3. The van der Waals surface area contributed by atoms with E-state index in [1.54, 1.807) is 7.11 Å². The predicted octanol–water partition coefficient (Wildman–Crippen LogP) is 4.50. The van der Waals surface area contributed by atoms with E-state index in [1.165, 1.54) is 23.3 Å². The van der Waals surface area contributed by atoms with Crippen LogP contribution in [-0.2, 0) is 25.6 Å². The number of nitrogens with one attached hydrogen (secondary N) is 1. The van der Waals surface area contributed by atoms with Crippen molar-refractivity contribution in [2.45, 2.75) is 25.6 Å². The van der Waals surface area contributed by atoms with Gasteiger partial charge in [-0.3, -0.25) is 0 Å². The standard InChI is InChI=1S/C10H8F4.C10H14N2O/c1-2-3-7-4-5-8(9(11)6-7)10(12,13)14;1-13-9-3-2-7-6-12-5-4-8(7)10(9)11/h2,4-6H,1,3H2;2-3,12H,4-6,11H2,1H3. The summed E-state index contributed by atoms with van der Waals surface area (Å²) in [7, 11) is 1.65. The second-order valence-electron chi connectivity index (χ2n) is 6.05. The van der Waals surface area contributed by atoms with Gasteiger partial charge in [-0.1, -0.05) is 18.2 Å². The van der Waals surface area contributed by atoms with E-state index in [-0.39, 0.29) is 0 Å². The maximum absolute atomic E-state index is 12.9. The number of nitrogen functional groups attached to an aromatic ring is 1. The number of hydrogen-bond donors (Lipinski definition) is 2. The highest BCUT2D eigenvalue weighted by Crippen LogP contribution is 2.31. The summed E-state index contributed by atoms with van der Waals surface area (Å²) in [6.45, 7) is 5.34. The topological polar surface area (TPSA) is 47.3 Å². The van der Waals surface area contributed by atoms with Gasteiger partial charge in [0.2, 0.25) is 0 Å². The Balaban J connectivity index is 0.000000194. The molecule has 3 rings (SSSR count). The second-order valence-corrected chi connectivity index (χ2v) is 6.05. The minimum absolute atomic E-state index is 0.356. The highest BCUT2D eigenvalue weighted by Gasteiger charge is 2.33. The normalized spacial score (nSPS) is 13.2. The van der Waals surface area contributed by atoms with Crippen molar-refractivity contribution in [3.05, 3.63) is 71.1 Å². The van der Waals surface area contributed by atoms with E-state index < -0.39 is 17.6 Å². The van der Waals surface area contributed by atoms with Gasteiger partial charge in [-0.2, -0.15) is 13.2 Å². The van der Waals surface area contributed by atoms with Crippen molar-refractivity contribution in [3.8, 4) is 5.75 Å². The van der Waals surface area contributed by atoms with Crippen LogP contribution in [-0.4, -0.2) is 13.7 Å². The summed E-state index contributed by atoms with van der Waals surface area (Å²) in [5.41, 5.74) is 8.56. The quantitative estimate of drug-likeness (QED) is 0.467. The SMILES string of the molecule is C=CCc1ccc(C(F)(F)F)c(F)c1.COc1ccc2c(c1N)CCNC2. The molecule has 0 saturated carbocycles. The van der Waals surface area contributed by atoms with Gasteiger partial charge in [0.25, 0.3) is 0 Å². The zero-order chi connectivity index (χ0) is 20.0. The summed E-state index contributed by atoms with van der Waals surface area (Å²) in [6.07, 6.45) is -1.77. The van der Waals surface area contributed by atoms with Crippen molar-refractivity contribution in [2.24, 2.45) is 0 Å². The van der Waals surface area contributed by atoms with E-state index in [2.05, 4.69) is 18.0 Å². The van der Waals surface area contributed by atoms with E-state index in [0.717, 1.165) is 43.1 Å². The molecule has 3 nitrogen and oxygen atoms in total. The van der Waals surface area contributed by atoms with Crippen LogP contribution in [0.2, 0.25) is 0 Å². The Labute approximate surface area is 155 Å². The van der Waals surface area contributed by atoms with Gasteiger partial charge in [0.05, 0.1) is 18.4 Å². The highest BCUT2D eigenvalue weighted by atomic mass is 19.4. The first kappa shape index (κ1) is 20.8. The maximum Gasteiger partial charge on any atom is 0.419 e. The Kier molecular flexibility index (Phi) is 6.85. The maximum atomic E-state index is 12.9. The molecule has 3 N–H and O–H groups in total. The molecule has 0 aliphatic carbocycles. The molecule has 0 aromatic heterocycles. The van der Waals surface area contributed by atoms with E-state index in [0.29, 0.717) is 12.0 Å². The number of allylic oxidation sites excluding steroid dienone is 1. The minimum Gasteiger partial charge on any atom is -0.495 e. The number of benzene rings is 2. The van der Waals surface area contributed by atoms with Crippen LogP contribution in [0, 0.1) is 5.82 Å². The lowest BCUT2D eigenvalue weighted by molar-refractivity contribution is -0.140. The number of anilines is 1. The molecule has 2 aromatic carbocycles. The lowest BCUT2D eigenvalue weighted by Crippen LogP contribution is -2.24. The smallest absolute Gasteiger partial charge is 0.419 e. The molecule has 1 aliphatic rings. The predicted molar refractivity (Wildman–Crippen MR) is 98.1 cm³/mol. The lowest BCUT2D eigenvalue weighted by Gasteiger charge is -2.20. The molecule has 0 spiro atoms. The summed E-state index contributed by atoms with van der Waals surface area (Å²) >= 11 is 0. The van der Waals surface area contributed by atoms with Crippen molar-refractivity contribution in [3.63, 3.8) is 0 Å². The third kappa shape index (κ3) is 5.23. The lowest BCUT2D eigenvalue weighted by atomic mass is 9.99. The van der Waals surface area contributed by atoms with Crippen LogP contribution in [0.1, 0.15) is 22.3 Å². The van der Waals surface area contributed by atoms with Crippen LogP contribution >= 0.6 is 0 Å². The molecule has 0 bridgehead atoms. The van der Waals surface area contributed by atoms with Crippen molar-refractivity contribution < 1.29 is 22.3 Å². The highest BCUT2D eigenvalue weighted by molar-refractivity contribution is 5.61. The van der Waals surface area contributed by atoms with Crippen LogP contribution in [0.3, 0.4) is 0 Å². The zero-order valence-corrected chi connectivity index (χ0v) is 15.0. The number of rotatable bonds is 3. The number of fused-ring (bicyclic) bond motifs is 1. The Hall–Kier alpha value is -2.54. The molecule has 7 heteroatoms. The van der Waals surface area contributed by atoms with Crippen LogP contribution in [0.15, 0.2) is 43.0 Å². The summed E-state index contributed by atoms with van der Waals surface area (Å²) in [5, 5.41) is 3.31. The van der Waals surface area contributed by atoms with Crippen LogP contribution in [0.5, 0.6) is 5.75 Å². The average Bonchev–Trinajstić information content (AvgIpc) is 2.62. The molecular weight excluding hydrogens is 360 g/mol. The first-order valence-corrected chi connectivity index (χ1v) is 8.39. The van der Waals surface area contributed by atoms with E-state index >= 15 is 0 Å².